The van der Waals surface area contributed by atoms with E-state index < -0.39 is 0 Å². The van der Waals surface area contributed by atoms with E-state index in [1.54, 1.807) is 37.3 Å². The highest BCUT2D eigenvalue weighted by atomic mass is 16.5. The van der Waals surface area contributed by atoms with Crippen LogP contribution >= 0.6 is 0 Å². The van der Waals surface area contributed by atoms with E-state index in [0.717, 1.165) is 11.4 Å². The summed E-state index contributed by atoms with van der Waals surface area (Å²) in [5.41, 5.74) is 2.09. The van der Waals surface area contributed by atoms with Gasteiger partial charge in [0.2, 0.25) is 11.8 Å². The molecule has 136 valence electrons. The minimum Gasteiger partial charge on any atom is -0.490 e. The molecular formula is C20H23N3O3. The van der Waals surface area contributed by atoms with Crippen molar-refractivity contribution in [3.63, 3.8) is 0 Å². The fraction of sp³-hybridized carbons (Fsp3) is 0.200. The lowest BCUT2D eigenvalue weighted by atomic mass is 10.2. The largest absolute Gasteiger partial charge is 0.490 e. The van der Waals surface area contributed by atoms with Gasteiger partial charge >= 0.3 is 0 Å². The van der Waals surface area contributed by atoms with Crippen molar-refractivity contribution in [2.24, 2.45) is 0 Å². The van der Waals surface area contributed by atoms with Crippen LogP contribution in [0.2, 0.25) is 0 Å². The Morgan fingerprint density at radius 1 is 1.00 bits per heavy atom. The van der Waals surface area contributed by atoms with Gasteiger partial charge in [-0.05, 0) is 42.5 Å². The summed E-state index contributed by atoms with van der Waals surface area (Å²) in [7, 11) is 0. The van der Waals surface area contributed by atoms with Gasteiger partial charge in [-0.15, -0.1) is 0 Å². The van der Waals surface area contributed by atoms with Gasteiger partial charge in [0.05, 0.1) is 6.54 Å². The molecule has 6 nitrogen and oxygen atoms in total. The zero-order valence-electron chi connectivity index (χ0n) is 14.7. The van der Waals surface area contributed by atoms with Crippen LogP contribution in [0.4, 0.5) is 17.1 Å². The maximum Gasteiger partial charge on any atom is 0.243 e. The van der Waals surface area contributed by atoms with Crippen LogP contribution in [0.25, 0.3) is 0 Å². The van der Waals surface area contributed by atoms with Crippen molar-refractivity contribution in [3.05, 3.63) is 61.2 Å². The summed E-state index contributed by atoms with van der Waals surface area (Å²) in [5, 5.41) is 8.60. The lowest BCUT2D eigenvalue weighted by molar-refractivity contribution is -0.116. The summed E-state index contributed by atoms with van der Waals surface area (Å²) in [6.45, 7) is 5.96. The molecular weight excluding hydrogens is 330 g/mol. The van der Waals surface area contributed by atoms with Crippen molar-refractivity contribution in [1.29, 1.82) is 0 Å². The summed E-state index contributed by atoms with van der Waals surface area (Å²) >= 11 is 0. The zero-order valence-corrected chi connectivity index (χ0v) is 14.7. The molecule has 0 bridgehead atoms. The molecule has 0 spiro atoms. The van der Waals surface area contributed by atoms with E-state index in [1.165, 1.54) is 0 Å². The number of hydrogen-bond donors (Lipinski definition) is 3. The maximum absolute atomic E-state index is 12.1. The first kappa shape index (κ1) is 19.1. The number of amides is 2. The number of benzene rings is 2. The van der Waals surface area contributed by atoms with E-state index >= 15 is 0 Å². The highest BCUT2D eigenvalue weighted by Gasteiger charge is 2.05. The van der Waals surface area contributed by atoms with E-state index in [0.29, 0.717) is 24.4 Å². The van der Waals surface area contributed by atoms with E-state index in [1.807, 2.05) is 24.3 Å². The summed E-state index contributed by atoms with van der Waals surface area (Å²) in [4.78, 5) is 23.5. The number of ether oxygens (including phenoxy) is 1. The first-order chi connectivity index (χ1) is 12.6. The molecule has 2 aromatic carbocycles. The monoisotopic (exact) mass is 353 g/mol. The van der Waals surface area contributed by atoms with E-state index in [2.05, 4.69) is 22.5 Å². The average molecular weight is 353 g/mol. The number of nitrogens with one attached hydrogen (secondary N) is 3. The average Bonchev–Trinajstić information content (AvgIpc) is 2.65. The Morgan fingerprint density at radius 2 is 1.65 bits per heavy atom. The third kappa shape index (κ3) is 6.32. The van der Waals surface area contributed by atoms with Crippen LogP contribution in [0.3, 0.4) is 0 Å². The summed E-state index contributed by atoms with van der Waals surface area (Å²) in [6.07, 6.45) is 2.08. The molecule has 2 amide bonds. The van der Waals surface area contributed by atoms with Crippen LogP contribution in [0.15, 0.2) is 61.2 Å². The predicted octanol–water partition coefficient (Wildman–Crippen LogP) is 3.65. The molecule has 6 heteroatoms. The Kier molecular flexibility index (Phi) is 7.24. The summed E-state index contributed by atoms with van der Waals surface area (Å²) in [5.74, 6) is 0.484. The molecule has 0 heterocycles. The van der Waals surface area contributed by atoms with Crippen LogP contribution in [-0.2, 0) is 9.59 Å². The van der Waals surface area contributed by atoms with Crippen molar-refractivity contribution in [3.8, 4) is 5.75 Å². The molecule has 0 unspecified atom stereocenters. The molecule has 2 aromatic rings. The Morgan fingerprint density at radius 3 is 2.27 bits per heavy atom. The quantitative estimate of drug-likeness (QED) is 0.601. The normalized spacial score (nSPS) is 9.88. The van der Waals surface area contributed by atoms with Crippen molar-refractivity contribution in [2.75, 3.05) is 29.1 Å². The van der Waals surface area contributed by atoms with E-state index in [9.17, 15) is 9.59 Å². The van der Waals surface area contributed by atoms with Gasteiger partial charge in [-0.25, -0.2) is 0 Å². The molecule has 26 heavy (non-hydrogen) atoms. The second-order valence-electron chi connectivity index (χ2n) is 5.51. The van der Waals surface area contributed by atoms with E-state index in [-0.39, 0.29) is 18.4 Å². The second kappa shape index (κ2) is 9.88. The molecule has 3 N–H and O–H groups in total. The third-order valence-corrected chi connectivity index (χ3v) is 3.43. The predicted molar refractivity (Wildman–Crippen MR) is 105 cm³/mol. The molecule has 0 atom stereocenters. The summed E-state index contributed by atoms with van der Waals surface area (Å²) in [6, 6.07) is 14.4. The minimum atomic E-state index is -0.184. The van der Waals surface area contributed by atoms with Crippen LogP contribution < -0.4 is 20.7 Å². The summed E-state index contributed by atoms with van der Waals surface area (Å²) < 4.78 is 5.41. The third-order valence-electron chi connectivity index (χ3n) is 3.43. The lowest BCUT2D eigenvalue weighted by Crippen LogP contribution is -2.21. The fourth-order valence-electron chi connectivity index (χ4n) is 2.14. The Labute approximate surface area is 153 Å². The van der Waals surface area contributed by atoms with Crippen molar-refractivity contribution in [2.45, 2.75) is 13.3 Å². The van der Waals surface area contributed by atoms with Crippen LogP contribution in [0.1, 0.15) is 13.3 Å². The van der Waals surface area contributed by atoms with Crippen molar-refractivity contribution >= 4 is 28.9 Å². The maximum atomic E-state index is 12.1. The highest BCUT2D eigenvalue weighted by molar-refractivity contribution is 5.95. The van der Waals surface area contributed by atoms with Gasteiger partial charge in [0.1, 0.15) is 12.4 Å². The van der Waals surface area contributed by atoms with E-state index in [4.69, 9.17) is 4.74 Å². The first-order valence-corrected chi connectivity index (χ1v) is 8.38. The number of hydrogen-bond acceptors (Lipinski definition) is 4. The first-order valence-electron chi connectivity index (χ1n) is 8.38. The van der Waals surface area contributed by atoms with Gasteiger partial charge in [-0.1, -0.05) is 25.6 Å². The zero-order chi connectivity index (χ0) is 18.8. The fourth-order valence-corrected chi connectivity index (χ4v) is 2.14. The number of carbonyl (C=O) groups excluding carboxylic acids is 2. The second-order valence-corrected chi connectivity index (χ2v) is 5.51. The molecule has 0 aliphatic carbocycles. The molecule has 0 aliphatic rings. The van der Waals surface area contributed by atoms with Crippen molar-refractivity contribution < 1.29 is 14.3 Å². The Bertz CT molecular complexity index is 757. The molecule has 0 saturated carbocycles. The van der Waals surface area contributed by atoms with Gasteiger partial charge in [0.25, 0.3) is 0 Å². The van der Waals surface area contributed by atoms with Crippen molar-refractivity contribution in [1.82, 2.24) is 0 Å². The van der Waals surface area contributed by atoms with Gasteiger partial charge in [0, 0.05) is 23.5 Å². The molecule has 0 aliphatic heterocycles. The molecule has 2 rings (SSSR count). The SMILES string of the molecule is C=CCOc1ccc(NCC(=O)Nc2cccc(NC(=O)CC)c2)cc1. The number of anilines is 3. The molecule has 0 radical (unpaired) electrons. The number of carbonyl (C=O) groups is 2. The van der Waals surface area contributed by atoms with Gasteiger partial charge in [-0.2, -0.15) is 0 Å². The standard InChI is InChI=1S/C20H23N3O3/c1-3-12-26-18-10-8-15(9-11-18)21-14-20(25)23-17-7-5-6-16(13-17)22-19(24)4-2/h3,5-11,13,21H,1,4,12,14H2,2H3,(H,22,24)(H,23,25). The number of rotatable bonds is 9. The molecule has 0 fully saturated rings. The van der Waals surface area contributed by atoms with Gasteiger partial charge < -0.3 is 20.7 Å². The van der Waals surface area contributed by atoms with Crippen LogP contribution in [-0.4, -0.2) is 25.0 Å². The van der Waals surface area contributed by atoms with Gasteiger partial charge in [0.15, 0.2) is 0 Å². The minimum absolute atomic E-state index is 0.0735. The molecule has 0 aromatic heterocycles. The highest BCUT2D eigenvalue weighted by Crippen LogP contribution is 2.17. The topological polar surface area (TPSA) is 79.5 Å². The van der Waals surface area contributed by atoms with Crippen LogP contribution in [0.5, 0.6) is 5.75 Å². The molecule has 0 saturated heterocycles. The van der Waals surface area contributed by atoms with Crippen LogP contribution in [0, 0.1) is 0 Å². The smallest absolute Gasteiger partial charge is 0.243 e. The lowest BCUT2D eigenvalue weighted by Gasteiger charge is -2.10. The Hall–Kier alpha value is -3.28. The van der Waals surface area contributed by atoms with Gasteiger partial charge in [-0.3, -0.25) is 9.59 Å². The Balaban J connectivity index is 1.84.